The summed E-state index contributed by atoms with van der Waals surface area (Å²) >= 11 is 1.89. The summed E-state index contributed by atoms with van der Waals surface area (Å²) in [6.07, 6.45) is 1.31. The van der Waals surface area contributed by atoms with Gasteiger partial charge in [0.15, 0.2) is 0 Å². The number of carbonyl (C=O) groups excluding carboxylic acids is 2. The third kappa shape index (κ3) is 4.77. The lowest BCUT2D eigenvalue weighted by Gasteiger charge is -2.11. The fourth-order valence-corrected chi connectivity index (χ4v) is 3.56. The van der Waals surface area contributed by atoms with E-state index in [1.165, 1.54) is 11.1 Å². The van der Waals surface area contributed by atoms with Crippen LogP contribution >= 0.6 is 11.8 Å². The highest BCUT2D eigenvalue weighted by Gasteiger charge is 2.31. The molecule has 1 aliphatic heterocycles. The Morgan fingerprint density at radius 3 is 2.86 bits per heavy atom. The molecule has 5 heteroatoms. The topological polar surface area (TPSA) is 49.4 Å². The molecule has 4 nitrogen and oxygen atoms in total. The molecular formula is C17H24N2O2S. The standard InChI is InChI=1S/C17H24N2O2S/c1-13-6-3-4-7-14(13)12-22-9-5-8-18-17(21)15-10-16(20)19(2)11-15/h3-4,6-7,15H,5,8-12H2,1-2H3,(H,18,21)/t15-/m1/s1. The van der Waals surface area contributed by atoms with Crippen LogP contribution < -0.4 is 5.32 Å². The number of thioether (sulfide) groups is 1. The molecule has 1 aliphatic rings. The van der Waals surface area contributed by atoms with E-state index in [1.54, 1.807) is 11.9 Å². The minimum absolute atomic E-state index is 0.0154. The Kier molecular flexibility index (Phi) is 6.31. The van der Waals surface area contributed by atoms with Gasteiger partial charge in [0, 0.05) is 32.3 Å². The highest BCUT2D eigenvalue weighted by atomic mass is 32.2. The molecule has 1 aromatic rings. The van der Waals surface area contributed by atoms with E-state index in [4.69, 9.17) is 0 Å². The molecule has 1 atom stereocenters. The van der Waals surface area contributed by atoms with Crippen LogP contribution in [0.2, 0.25) is 0 Å². The third-order valence-electron chi connectivity index (χ3n) is 4.00. The first-order valence-corrected chi connectivity index (χ1v) is 8.87. The molecule has 1 N–H and O–H groups in total. The molecule has 0 unspecified atom stereocenters. The number of carbonyl (C=O) groups is 2. The maximum absolute atomic E-state index is 11.9. The predicted octanol–water partition coefficient (Wildman–Crippen LogP) is 2.21. The normalized spacial score (nSPS) is 17.8. The van der Waals surface area contributed by atoms with E-state index in [-0.39, 0.29) is 17.7 Å². The third-order valence-corrected chi connectivity index (χ3v) is 5.09. The van der Waals surface area contributed by atoms with Crippen molar-refractivity contribution in [1.29, 1.82) is 0 Å². The fourth-order valence-electron chi connectivity index (χ4n) is 2.52. The lowest BCUT2D eigenvalue weighted by molar-refractivity contribution is -0.128. The Labute approximate surface area is 136 Å². The van der Waals surface area contributed by atoms with Gasteiger partial charge >= 0.3 is 0 Å². The van der Waals surface area contributed by atoms with Crippen LogP contribution in [-0.2, 0) is 15.3 Å². The molecule has 1 aromatic carbocycles. The van der Waals surface area contributed by atoms with Crippen LogP contribution in [0.1, 0.15) is 24.0 Å². The SMILES string of the molecule is Cc1ccccc1CSCCCNC(=O)[C@@H]1CC(=O)N(C)C1. The second kappa shape index (κ2) is 8.22. The molecule has 2 amide bonds. The van der Waals surface area contributed by atoms with Gasteiger partial charge in [-0.3, -0.25) is 9.59 Å². The Hall–Kier alpha value is -1.49. The molecule has 120 valence electrons. The van der Waals surface area contributed by atoms with Crippen molar-refractivity contribution in [1.82, 2.24) is 10.2 Å². The van der Waals surface area contributed by atoms with Gasteiger partial charge in [0.05, 0.1) is 5.92 Å². The van der Waals surface area contributed by atoms with E-state index < -0.39 is 0 Å². The van der Waals surface area contributed by atoms with Crippen molar-refractivity contribution in [2.45, 2.75) is 25.5 Å². The highest BCUT2D eigenvalue weighted by molar-refractivity contribution is 7.98. The van der Waals surface area contributed by atoms with E-state index in [2.05, 4.69) is 36.5 Å². The minimum atomic E-state index is -0.169. The first kappa shape index (κ1) is 16.9. The lowest BCUT2D eigenvalue weighted by atomic mass is 10.1. The molecule has 1 saturated heterocycles. The zero-order valence-corrected chi connectivity index (χ0v) is 14.1. The number of likely N-dealkylation sites (tertiary alicyclic amines) is 1. The van der Waals surface area contributed by atoms with Crippen LogP contribution in [-0.4, -0.2) is 42.6 Å². The zero-order valence-electron chi connectivity index (χ0n) is 13.3. The molecule has 1 fully saturated rings. The van der Waals surface area contributed by atoms with Gasteiger partial charge in [-0.05, 0) is 30.2 Å². The van der Waals surface area contributed by atoms with Gasteiger partial charge in [-0.25, -0.2) is 0 Å². The van der Waals surface area contributed by atoms with Gasteiger partial charge in [-0.15, -0.1) is 0 Å². The van der Waals surface area contributed by atoms with Gasteiger partial charge in [-0.2, -0.15) is 11.8 Å². The van der Waals surface area contributed by atoms with Crippen LogP contribution in [0.5, 0.6) is 0 Å². The first-order valence-electron chi connectivity index (χ1n) is 7.72. The molecule has 2 rings (SSSR count). The maximum atomic E-state index is 11.9. The lowest BCUT2D eigenvalue weighted by Crippen LogP contribution is -2.33. The van der Waals surface area contributed by atoms with Crippen molar-refractivity contribution >= 4 is 23.6 Å². The molecular weight excluding hydrogens is 296 g/mol. The number of amides is 2. The summed E-state index contributed by atoms with van der Waals surface area (Å²) in [7, 11) is 1.75. The Balaban J connectivity index is 1.57. The molecule has 0 spiro atoms. The quantitative estimate of drug-likeness (QED) is 0.784. The molecule has 1 heterocycles. The Morgan fingerprint density at radius 1 is 1.41 bits per heavy atom. The molecule has 0 bridgehead atoms. The predicted molar refractivity (Wildman–Crippen MR) is 90.7 cm³/mol. The van der Waals surface area contributed by atoms with Crippen molar-refractivity contribution in [3.63, 3.8) is 0 Å². The van der Waals surface area contributed by atoms with Crippen molar-refractivity contribution < 1.29 is 9.59 Å². The molecule has 0 saturated carbocycles. The van der Waals surface area contributed by atoms with Crippen molar-refractivity contribution in [2.75, 3.05) is 25.9 Å². The Morgan fingerprint density at radius 2 is 2.18 bits per heavy atom. The summed E-state index contributed by atoms with van der Waals surface area (Å²) < 4.78 is 0. The van der Waals surface area contributed by atoms with Crippen molar-refractivity contribution in [2.24, 2.45) is 5.92 Å². The van der Waals surface area contributed by atoms with E-state index in [0.717, 1.165) is 17.9 Å². The van der Waals surface area contributed by atoms with Gasteiger partial charge in [-0.1, -0.05) is 24.3 Å². The summed E-state index contributed by atoms with van der Waals surface area (Å²) in [5, 5.41) is 2.94. The van der Waals surface area contributed by atoms with Crippen LogP contribution in [0.15, 0.2) is 24.3 Å². The zero-order chi connectivity index (χ0) is 15.9. The Bertz CT molecular complexity index is 533. The summed E-state index contributed by atoms with van der Waals surface area (Å²) in [4.78, 5) is 25.0. The second-order valence-electron chi connectivity index (χ2n) is 5.80. The summed E-state index contributed by atoms with van der Waals surface area (Å²) in [5.74, 6) is 1.95. The van der Waals surface area contributed by atoms with Crippen molar-refractivity contribution in [3.8, 4) is 0 Å². The average molecular weight is 320 g/mol. The minimum Gasteiger partial charge on any atom is -0.356 e. The van der Waals surface area contributed by atoms with Gasteiger partial charge in [0.2, 0.25) is 11.8 Å². The van der Waals surface area contributed by atoms with Crippen LogP contribution in [0.25, 0.3) is 0 Å². The maximum Gasteiger partial charge on any atom is 0.225 e. The number of benzene rings is 1. The molecule has 22 heavy (non-hydrogen) atoms. The summed E-state index contributed by atoms with van der Waals surface area (Å²) in [6.45, 7) is 3.37. The molecule has 0 aromatic heterocycles. The largest absolute Gasteiger partial charge is 0.356 e. The number of rotatable bonds is 7. The van der Waals surface area contributed by atoms with Crippen molar-refractivity contribution in [3.05, 3.63) is 35.4 Å². The second-order valence-corrected chi connectivity index (χ2v) is 6.90. The molecule has 0 aliphatic carbocycles. The summed E-state index contributed by atoms with van der Waals surface area (Å²) in [6, 6.07) is 8.43. The van der Waals surface area contributed by atoms with E-state index >= 15 is 0 Å². The van der Waals surface area contributed by atoms with E-state index in [1.807, 2.05) is 11.8 Å². The first-order chi connectivity index (χ1) is 10.6. The van der Waals surface area contributed by atoms with E-state index in [9.17, 15) is 9.59 Å². The van der Waals surface area contributed by atoms with Crippen LogP contribution in [0.3, 0.4) is 0 Å². The average Bonchev–Trinajstić information content (AvgIpc) is 2.84. The number of nitrogens with one attached hydrogen (secondary N) is 1. The molecule has 0 radical (unpaired) electrons. The van der Waals surface area contributed by atoms with Gasteiger partial charge < -0.3 is 10.2 Å². The van der Waals surface area contributed by atoms with Crippen LogP contribution in [0, 0.1) is 12.8 Å². The van der Waals surface area contributed by atoms with Crippen LogP contribution in [0.4, 0.5) is 0 Å². The van der Waals surface area contributed by atoms with E-state index in [0.29, 0.717) is 19.5 Å². The monoisotopic (exact) mass is 320 g/mol. The summed E-state index contributed by atoms with van der Waals surface area (Å²) in [5.41, 5.74) is 2.71. The fraction of sp³-hybridized carbons (Fsp3) is 0.529. The number of hydrogen-bond donors (Lipinski definition) is 1. The van der Waals surface area contributed by atoms with Gasteiger partial charge in [0.1, 0.15) is 0 Å². The smallest absolute Gasteiger partial charge is 0.225 e. The highest BCUT2D eigenvalue weighted by Crippen LogP contribution is 2.17. The number of hydrogen-bond acceptors (Lipinski definition) is 3. The van der Waals surface area contributed by atoms with Gasteiger partial charge in [0.25, 0.3) is 0 Å². The number of nitrogens with zero attached hydrogens (tertiary/aromatic N) is 1. The number of aryl methyl sites for hydroxylation is 1.